The molecule has 4 rings (SSSR count). The third kappa shape index (κ3) is 3.16. The lowest BCUT2D eigenvalue weighted by Gasteiger charge is -2.03. The Labute approximate surface area is 155 Å². The van der Waals surface area contributed by atoms with Crippen molar-refractivity contribution in [3.63, 3.8) is 0 Å². The summed E-state index contributed by atoms with van der Waals surface area (Å²) in [5.74, 6) is 0.762. The zero-order valence-corrected chi connectivity index (χ0v) is 15.0. The molecule has 0 saturated carbocycles. The van der Waals surface area contributed by atoms with Crippen molar-refractivity contribution in [3.05, 3.63) is 63.6 Å². The van der Waals surface area contributed by atoms with Crippen molar-refractivity contribution in [2.45, 2.75) is 0 Å². The van der Waals surface area contributed by atoms with Crippen LogP contribution in [0.3, 0.4) is 0 Å². The predicted molar refractivity (Wildman–Crippen MR) is 101 cm³/mol. The summed E-state index contributed by atoms with van der Waals surface area (Å²) >= 11 is 9.32. The van der Waals surface area contributed by atoms with E-state index in [-0.39, 0.29) is 5.91 Å². The van der Waals surface area contributed by atoms with E-state index in [0.717, 1.165) is 15.5 Å². The van der Waals surface area contributed by atoms with Crippen LogP contribution in [0.2, 0.25) is 5.02 Å². The molecule has 2 aromatic carbocycles. The van der Waals surface area contributed by atoms with Crippen LogP contribution in [0.15, 0.2) is 53.0 Å². The molecule has 1 amide bonds. The number of rotatable bonds is 3. The maximum Gasteiger partial charge on any atom is 0.256 e. The Morgan fingerprint density at radius 2 is 2.00 bits per heavy atom. The van der Waals surface area contributed by atoms with Crippen LogP contribution in [0.4, 0.5) is 5.82 Å². The Bertz CT molecular complexity index is 1050. The van der Waals surface area contributed by atoms with Crippen LogP contribution in [-0.4, -0.2) is 26.1 Å². The second kappa shape index (κ2) is 6.34. The molecule has 124 valence electrons. The summed E-state index contributed by atoms with van der Waals surface area (Å²) in [4.78, 5) is 20.0. The molecule has 2 heterocycles. The number of carbonyl (C=O) groups is 1. The largest absolute Gasteiger partial charge is 0.337 e. The average molecular weight is 417 g/mol. The molecule has 3 N–H and O–H groups in total. The minimum atomic E-state index is -0.294. The lowest BCUT2D eigenvalue weighted by atomic mass is 10.2. The number of H-pyrrole nitrogens is 2. The van der Waals surface area contributed by atoms with E-state index in [0.29, 0.717) is 27.9 Å². The zero-order chi connectivity index (χ0) is 17.4. The molecule has 2 aromatic heterocycles. The fourth-order valence-corrected chi connectivity index (χ4v) is 2.84. The van der Waals surface area contributed by atoms with E-state index in [4.69, 9.17) is 11.6 Å². The van der Waals surface area contributed by atoms with Gasteiger partial charge >= 0.3 is 0 Å². The minimum absolute atomic E-state index is 0.294. The van der Waals surface area contributed by atoms with Gasteiger partial charge in [0.1, 0.15) is 5.69 Å². The van der Waals surface area contributed by atoms with Crippen molar-refractivity contribution in [2.24, 2.45) is 0 Å². The van der Waals surface area contributed by atoms with Gasteiger partial charge in [0.05, 0.1) is 16.1 Å². The number of anilines is 1. The SMILES string of the molecule is O=C(Nc1cc(-c2nc3ccccc3[nH]2)[nH]n1)c1ccc(Br)c(Cl)c1. The first-order valence-corrected chi connectivity index (χ1v) is 8.54. The van der Waals surface area contributed by atoms with Crippen molar-refractivity contribution in [1.29, 1.82) is 0 Å². The van der Waals surface area contributed by atoms with Crippen LogP contribution in [-0.2, 0) is 0 Å². The minimum Gasteiger partial charge on any atom is -0.337 e. The van der Waals surface area contributed by atoms with Crippen LogP contribution in [0.1, 0.15) is 10.4 Å². The summed E-state index contributed by atoms with van der Waals surface area (Å²) in [6.07, 6.45) is 0. The smallest absolute Gasteiger partial charge is 0.256 e. The van der Waals surface area contributed by atoms with E-state index in [1.54, 1.807) is 24.3 Å². The first-order chi connectivity index (χ1) is 12.1. The van der Waals surface area contributed by atoms with Crippen LogP contribution in [0, 0.1) is 0 Å². The molecule has 0 unspecified atom stereocenters. The number of carbonyl (C=O) groups excluding carboxylic acids is 1. The molecular weight excluding hydrogens is 406 g/mol. The number of hydrogen-bond donors (Lipinski definition) is 3. The maximum atomic E-state index is 12.3. The van der Waals surface area contributed by atoms with E-state index in [2.05, 4.69) is 41.4 Å². The molecule has 0 atom stereocenters. The van der Waals surface area contributed by atoms with Gasteiger partial charge in [-0.05, 0) is 46.3 Å². The van der Waals surface area contributed by atoms with Crippen molar-refractivity contribution in [3.8, 4) is 11.5 Å². The summed E-state index contributed by atoms with van der Waals surface area (Å²) in [5.41, 5.74) is 2.92. The van der Waals surface area contributed by atoms with Crippen LogP contribution < -0.4 is 5.32 Å². The highest BCUT2D eigenvalue weighted by atomic mass is 79.9. The van der Waals surface area contributed by atoms with E-state index in [1.807, 2.05) is 24.3 Å². The van der Waals surface area contributed by atoms with Gasteiger partial charge in [-0.15, -0.1) is 0 Å². The normalized spacial score (nSPS) is 11.0. The highest BCUT2D eigenvalue weighted by Gasteiger charge is 2.12. The predicted octanol–water partition coefficient (Wildman–Crippen LogP) is 4.62. The van der Waals surface area contributed by atoms with Crippen LogP contribution in [0.25, 0.3) is 22.6 Å². The number of aromatic amines is 2. The summed E-state index contributed by atoms with van der Waals surface area (Å²) in [7, 11) is 0. The number of aromatic nitrogens is 4. The zero-order valence-electron chi connectivity index (χ0n) is 12.7. The van der Waals surface area contributed by atoms with E-state index < -0.39 is 0 Å². The van der Waals surface area contributed by atoms with Crippen molar-refractivity contribution in [1.82, 2.24) is 20.2 Å². The van der Waals surface area contributed by atoms with Gasteiger partial charge in [-0.1, -0.05) is 23.7 Å². The molecule has 8 heteroatoms. The van der Waals surface area contributed by atoms with Crippen LogP contribution in [0.5, 0.6) is 0 Å². The molecule has 0 bridgehead atoms. The fourth-order valence-electron chi connectivity index (χ4n) is 2.41. The first kappa shape index (κ1) is 15.9. The third-order valence-corrected chi connectivity index (χ3v) is 4.88. The molecule has 0 aliphatic heterocycles. The van der Waals surface area contributed by atoms with Crippen LogP contribution >= 0.6 is 27.5 Å². The highest BCUT2D eigenvalue weighted by Crippen LogP contribution is 2.24. The lowest BCUT2D eigenvalue weighted by Crippen LogP contribution is -2.12. The van der Waals surface area contributed by atoms with E-state index in [9.17, 15) is 4.79 Å². The topological polar surface area (TPSA) is 86.5 Å². The van der Waals surface area contributed by atoms with Crippen molar-refractivity contribution >= 4 is 50.3 Å². The Kier molecular flexibility index (Phi) is 4.03. The number of fused-ring (bicyclic) bond motifs is 1. The number of nitrogens with zero attached hydrogens (tertiary/aromatic N) is 2. The van der Waals surface area contributed by atoms with Gasteiger partial charge < -0.3 is 10.3 Å². The fraction of sp³-hybridized carbons (Fsp3) is 0. The van der Waals surface area contributed by atoms with Crippen molar-refractivity contribution in [2.75, 3.05) is 5.32 Å². The summed E-state index contributed by atoms with van der Waals surface area (Å²) in [5, 5.41) is 10.2. The number of imidazole rings is 1. The Morgan fingerprint density at radius 3 is 2.80 bits per heavy atom. The van der Waals surface area contributed by atoms with Gasteiger partial charge in [0.15, 0.2) is 11.6 Å². The molecule has 0 fully saturated rings. The Balaban J connectivity index is 1.56. The quantitative estimate of drug-likeness (QED) is 0.455. The number of amides is 1. The number of benzene rings is 2. The Hall–Kier alpha value is -2.64. The molecule has 0 radical (unpaired) electrons. The van der Waals surface area contributed by atoms with Crippen molar-refractivity contribution < 1.29 is 4.79 Å². The number of para-hydroxylation sites is 2. The average Bonchev–Trinajstić information content (AvgIpc) is 3.23. The van der Waals surface area contributed by atoms with Gasteiger partial charge in [0, 0.05) is 16.1 Å². The highest BCUT2D eigenvalue weighted by molar-refractivity contribution is 9.10. The Morgan fingerprint density at radius 1 is 1.16 bits per heavy atom. The molecule has 0 saturated heterocycles. The number of nitrogens with one attached hydrogen (secondary N) is 3. The second-order valence-corrected chi connectivity index (χ2v) is 6.61. The molecule has 4 aromatic rings. The molecule has 0 aliphatic carbocycles. The van der Waals surface area contributed by atoms with Gasteiger partial charge in [0.2, 0.25) is 0 Å². The third-order valence-electron chi connectivity index (χ3n) is 3.65. The summed E-state index contributed by atoms with van der Waals surface area (Å²) < 4.78 is 0.734. The molecular formula is C17H11BrClN5O. The van der Waals surface area contributed by atoms with Gasteiger partial charge in [0.25, 0.3) is 5.91 Å². The molecule has 6 nitrogen and oxygen atoms in total. The molecule has 25 heavy (non-hydrogen) atoms. The monoisotopic (exact) mass is 415 g/mol. The van der Waals surface area contributed by atoms with Gasteiger partial charge in [-0.25, -0.2) is 4.98 Å². The van der Waals surface area contributed by atoms with Gasteiger partial charge in [-0.3, -0.25) is 9.89 Å². The molecule has 0 spiro atoms. The maximum absolute atomic E-state index is 12.3. The summed E-state index contributed by atoms with van der Waals surface area (Å²) in [6.45, 7) is 0. The first-order valence-electron chi connectivity index (χ1n) is 7.37. The second-order valence-electron chi connectivity index (χ2n) is 5.35. The standard InChI is InChI=1S/C17H11BrClN5O/c18-10-6-5-9(7-11(10)19)17(25)22-15-8-14(23-24-15)16-20-12-3-1-2-4-13(12)21-16/h1-8H,(H,20,21)(H2,22,23,24,25). The summed E-state index contributed by atoms with van der Waals surface area (Å²) in [6, 6.07) is 14.4. The molecule has 0 aliphatic rings. The van der Waals surface area contributed by atoms with E-state index in [1.165, 1.54) is 0 Å². The number of halogens is 2. The van der Waals surface area contributed by atoms with Gasteiger partial charge in [-0.2, -0.15) is 5.10 Å². The number of hydrogen-bond acceptors (Lipinski definition) is 3. The lowest BCUT2D eigenvalue weighted by molar-refractivity contribution is 0.102. The van der Waals surface area contributed by atoms with E-state index >= 15 is 0 Å².